The average molecular weight is 361 g/mol. The zero-order chi connectivity index (χ0) is 19.6. The van der Waals surface area contributed by atoms with Crippen LogP contribution in [0, 0.1) is 27.7 Å². The molecule has 0 aliphatic carbocycles. The van der Waals surface area contributed by atoms with Crippen LogP contribution in [0.15, 0.2) is 48.5 Å². The summed E-state index contributed by atoms with van der Waals surface area (Å²) in [5, 5.41) is 7.75. The van der Waals surface area contributed by atoms with Gasteiger partial charge in [0, 0.05) is 23.4 Å². The molecule has 0 aliphatic heterocycles. The van der Waals surface area contributed by atoms with Gasteiger partial charge in [-0.25, -0.2) is 0 Å². The molecule has 3 aromatic rings. The van der Waals surface area contributed by atoms with Gasteiger partial charge in [-0.1, -0.05) is 48.5 Å². The molecule has 4 nitrogen and oxygen atoms in total. The molecule has 0 unspecified atom stereocenters. The van der Waals surface area contributed by atoms with Crippen molar-refractivity contribution in [2.45, 2.75) is 47.1 Å². The van der Waals surface area contributed by atoms with Crippen molar-refractivity contribution in [3.8, 4) is 0 Å². The summed E-state index contributed by atoms with van der Waals surface area (Å²) in [6.07, 6.45) is 0.823. The number of rotatable bonds is 5. The lowest BCUT2D eigenvalue weighted by Crippen LogP contribution is -2.26. The van der Waals surface area contributed by atoms with Gasteiger partial charge in [-0.2, -0.15) is 5.10 Å². The van der Waals surface area contributed by atoms with Crippen LogP contribution in [0.25, 0.3) is 0 Å². The zero-order valence-electron chi connectivity index (χ0n) is 16.7. The van der Waals surface area contributed by atoms with Gasteiger partial charge >= 0.3 is 0 Å². The van der Waals surface area contributed by atoms with Gasteiger partial charge in [0.15, 0.2) is 0 Å². The topological polar surface area (TPSA) is 46.9 Å². The molecule has 1 atom stereocenters. The van der Waals surface area contributed by atoms with Crippen LogP contribution in [-0.4, -0.2) is 15.7 Å². The van der Waals surface area contributed by atoms with E-state index >= 15 is 0 Å². The maximum atomic E-state index is 12.9. The van der Waals surface area contributed by atoms with Crippen molar-refractivity contribution in [1.29, 1.82) is 0 Å². The SMILES string of the molecule is Cc1cccc(C)c1NC(=O)[C@@H](C)n1nc(C)c(Cc2ccccc2)c1C. The van der Waals surface area contributed by atoms with Gasteiger partial charge < -0.3 is 5.32 Å². The molecule has 3 rings (SSSR count). The predicted octanol–water partition coefficient (Wildman–Crippen LogP) is 4.91. The lowest BCUT2D eigenvalue weighted by atomic mass is 10.0. The van der Waals surface area contributed by atoms with Crippen LogP contribution in [0.3, 0.4) is 0 Å². The fraction of sp³-hybridized carbons (Fsp3) is 0.304. The van der Waals surface area contributed by atoms with Gasteiger partial charge in [0.25, 0.3) is 0 Å². The van der Waals surface area contributed by atoms with E-state index in [1.54, 1.807) is 0 Å². The van der Waals surface area contributed by atoms with Crippen molar-refractivity contribution in [2.75, 3.05) is 5.32 Å². The van der Waals surface area contributed by atoms with Gasteiger partial charge in [0.05, 0.1) is 5.69 Å². The summed E-state index contributed by atoms with van der Waals surface area (Å²) in [6.45, 7) is 9.97. The molecule has 2 aromatic carbocycles. The van der Waals surface area contributed by atoms with E-state index in [4.69, 9.17) is 0 Å². The number of para-hydroxylation sites is 1. The molecule has 0 saturated heterocycles. The van der Waals surface area contributed by atoms with Gasteiger partial charge in [-0.15, -0.1) is 0 Å². The smallest absolute Gasteiger partial charge is 0.248 e. The summed E-state index contributed by atoms with van der Waals surface area (Å²) in [6, 6.07) is 16.0. The van der Waals surface area contributed by atoms with Crippen molar-refractivity contribution in [2.24, 2.45) is 0 Å². The average Bonchev–Trinajstić information content (AvgIpc) is 2.93. The Morgan fingerprint density at radius 2 is 1.63 bits per heavy atom. The molecular formula is C23H27N3O. The number of nitrogens with zero attached hydrogens (tertiary/aromatic N) is 2. The van der Waals surface area contributed by atoms with E-state index in [1.165, 1.54) is 11.1 Å². The first kappa shape index (κ1) is 18.9. The summed E-state index contributed by atoms with van der Waals surface area (Å²) >= 11 is 0. The third kappa shape index (κ3) is 3.95. The molecule has 4 heteroatoms. The van der Waals surface area contributed by atoms with E-state index < -0.39 is 0 Å². The van der Waals surface area contributed by atoms with Crippen LogP contribution in [0.5, 0.6) is 0 Å². The monoisotopic (exact) mass is 361 g/mol. The van der Waals surface area contributed by atoms with Crippen LogP contribution >= 0.6 is 0 Å². The van der Waals surface area contributed by atoms with Crippen LogP contribution in [0.4, 0.5) is 5.69 Å². The van der Waals surface area contributed by atoms with E-state index in [0.717, 1.165) is 34.6 Å². The van der Waals surface area contributed by atoms with Crippen LogP contribution in [-0.2, 0) is 11.2 Å². The highest BCUT2D eigenvalue weighted by Gasteiger charge is 2.22. The Kier molecular flexibility index (Phi) is 5.45. The molecule has 0 radical (unpaired) electrons. The second-order valence-corrected chi connectivity index (χ2v) is 7.19. The van der Waals surface area contributed by atoms with Crippen molar-refractivity contribution >= 4 is 11.6 Å². The summed E-state index contributed by atoms with van der Waals surface area (Å²) < 4.78 is 1.84. The summed E-state index contributed by atoms with van der Waals surface area (Å²) in [4.78, 5) is 12.9. The fourth-order valence-electron chi connectivity index (χ4n) is 3.48. The van der Waals surface area contributed by atoms with Gasteiger partial charge in [-0.05, 0) is 51.3 Å². The van der Waals surface area contributed by atoms with Gasteiger partial charge in [-0.3, -0.25) is 9.48 Å². The van der Waals surface area contributed by atoms with E-state index in [0.29, 0.717) is 0 Å². The number of amides is 1. The minimum absolute atomic E-state index is 0.0516. The van der Waals surface area contributed by atoms with Crippen LogP contribution < -0.4 is 5.32 Å². The Labute approximate surface area is 161 Å². The Hall–Kier alpha value is -2.88. The van der Waals surface area contributed by atoms with Crippen LogP contribution in [0.1, 0.15) is 46.6 Å². The molecule has 1 N–H and O–H groups in total. The molecule has 0 bridgehead atoms. The number of aryl methyl sites for hydroxylation is 3. The molecule has 27 heavy (non-hydrogen) atoms. The zero-order valence-corrected chi connectivity index (χ0v) is 16.7. The highest BCUT2D eigenvalue weighted by molar-refractivity contribution is 5.94. The first-order valence-electron chi connectivity index (χ1n) is 9.34. The number of nitrogens with one attached hydrogen (secondary N) is 1. The molecule has 0 saturated carbocycles. The second kappa shape index (κ2) is 7.78. The molecule has 1 amide bonds. The van der Waals surface area contributed by atoms with Crippen LogP contribution in [0.2, 0.25) is 0 Å². The van der Waals surface area contributed by atoms with Gasteiger partial charge in [0.1, 0.15) is 6.04 Å². The lowest BCUT2D eigenvalue weighted by molar-refractivity contribution is -0.119. The predicted molar refractivity (Wildman–Crippen MR) is 110 cm³/mol. The summed E-state index contributed by atoms with van der Waals surface area (Å²) in [5.41, 5.74) is 7.47. The summed E-state index contributed by atoms with van der Waals surface area (Å²) in [7, 11) is 0. The molecule has 1 heterocycles. The minimum Gasteiger partial charge on any atom is -0.324 e. The number of aromatic nitrogens is 2. The molecule has 1 aromatic heterocycles. The quantitative estimate of drug-likeness (QED) is 0.702. The minimum atomic E-state index is -0.382. The van der Waals surface area contributed by atoms with Crippen molar-refractivity contribution in [1.82, 2.24) is 9.78 Å². The number of hydrogen-bond acceptors (Lipinski definition) is 2. The Balaban J connectivity index is 1.83. The van der Waals surface area contributed by atoms with Crippen molar-refractivity contribution in [3.63, 3.8) is 0 Å². The maximum Gasteiger partial charge on any atom is 0.248 e. The number of carbonyl (C=O) groups is 1. The highest BCUT2D eigenvalue weighted by Crippen LogP contribution is 2.24. The first-order chi connectivity index (χ1) is 12.9. The largest absolute Gasteiger partial charge is 0.324 e. The third-order valence-electron chi connectivity index (χ3n) is 5.17. The number of benzene rings is 2. The van der Waals surface area contributed by atoms with Crippen molar-refractivity contribution < 1.29 is 4.79 Å². The van der Waals surface area contributed by atoms with Gasteiger partial charge in [0.2, 0.25) is 5.91 Å². The molecule has 140 valence electrons. The number of hydrogen-bond donors (Lipinski definition) is 1. The Bertz CT molecular complexity index is 937. The molecule has 0 fully saturated rings. The fourth-order valence-corrected chi connectivity index (χ4v) is 3.48. The van der Waals surface area contributed by atoms with E-state index in [-0.39, 0.29) is 11.9 Å². The normalized spacial score (nSPS) is 12.0. The Morgan fingerprint density at radius 3 is 2.26 bits per heavy atom. The standard InChI is InChI=1S/C23H27N3O/c1-15-10-9-11-16(2)22(15)24-23(27)19(5)26-18(4)21(17(3)25-26)14-20-12-7-6-8-13-20/h6-13,19H,14H2,1-5H3,(H,24,27)/t19-/m1/s1. The Morgan fingerprint density at radius 1 is 1.00 bits per heavy atom. The lowest BCUT2D eigenvalue weighted by Gasteiger charge is -2.17. The molecule has 0 spiro atoms. The van der Waals surface area contributed by atoms with E-state index in [9.17, 15) is 4.79 Å². The number of carbonyl (C=O) groups excluding carboxylic acids is 1. The first-order valence-corrected chi connectivity index (χ1v) is 9.34. The highest BCUT2D eigenvalue weighted by atomic mass is 16.2. The summed E-state index contributed by atoms with van der Waals surface area (Å²) in [5.74, 6) is -0.0516. The maximum absolute atomic E-state index is 12.9. The second-order valence-electron chi connectivity index (χ2n) is 7.19. The van der Waals surface area contributed by atoms with Crippen molar-refractivity contribution in [3.05, 3.63) is 82.2 Å². The number of anilines is 1. The van der Waals surface area contributed by atoms with E-state index in [2.05, 4.69) is 22.5 Å². The molecular weight excluding hydrogens is 334 g/mol. The van der Waals surface area contributed by atoms with E-state index in [1.807, 2.05) is 75.7 Å². The molecule has 0 aliphatic rings. The third-order valence-corrected chi connectivity index (χ3v) is 5.17.